The van der Waals surface area contributed by atoms with Gasteiger partial charge in [0.1, 0.15) is 59.5 Å². The maximum Gasteiger partial charge on any atom is 0.246 e. The molecule has 0 spiro atoms. The first-order valence-electron chi connectivity index (χ1n) is 32.2. The molecule has 1 rings (SSSR count). The van der Waals surface area contributed by atoms with Crippen molar-refractivity contribution in [3.63, 3.8) is 0 Å². The molecule has 24 heteroatoms. The van der Waals surface area contributed by atoms with Crippen molar-refractivity contribution in [2.75, 3.05) is 55.9 Å². The highest BCUT2D eigenvalue weighted by atomic mass is 28.3. The van der Waals surface area contributed by atoms with Crippen molar-refractivity contribution in [3.8, 4) is 0 Å². The van der Waals surface area contributed by atoms with Gasteiger partial charge in [0.2, 0.25) is 65.0 Å². The number of likely N-dealkylation sites (N-methyl/N-ethyl adjacent to an activating group) is 7. The summed E-state index contributed by atoms with van der Waals surface area (Å²) in [5, 5.41) is 21.8. The van der Waals surface area contributed by atoms with Crippen LogP contribution >= 0.6 is 0 Å². The van der Waals surface area contributed by atoms with Gasteiger partial charge in [-0.2, -0.15) is 0 Å². The van der Waals surface area contributed by atoms with E-state index in [1.807, 2.05) is 102 Å². The zero-order chi connectivity index (χ0) is 69.4. The van der Waals surface area contributed by atoms with E-state index < -0.39 is 163 Å². The molecule has 0 unspecified atom stereocenters. The fourth-order valence-electron chi connectivity index (χ4n) is 12.3. The molecule has 0 saturated carbocycles. The molecule has 0 aromatic heterocycles. The molecule has 23 nitrogen and oxygen atoms in total. The van der Waals surface area contributed by atoms with E-state index in [-0.39, 0.29) is 55.8 Å². The number of amides is 11. The summed E-state index contributed by atoms with van der Waals surface area (Å²) in [6.45, 7) is 35.5. The Morgan fingerprint density at radius 3 is 1.39 bits per heavy atom. The summed E-state index contributed by atoms with van der Waals surface area (Å²) in [5.41, 5.74) is 0. The van der Waals surface area contributed by atoms with Crippen molar-refractivity contribution in [2.45, 2.75) is 242 Å². The number of aliphatic hydroxyl groups excluding tert-OH is 1. The van der Waals surface area contributed by atoms with Gasteiger partial charge in [0, 0.05) is 49.3 Å². The molecule has 12 atom stereocenters. The second-order valence-electron chi connectivity index (χ2n) is 28.5. The molecule has 0 bridgehead atoms. The van der Waals surface area contributed by atoms with Crippen LogP contribution in [-0.4, -0.2) is 234 Å². The highest BCUT2D eigenvalue weighted by Crippen LogP contribution is 2.39. The Kier molecular flexibility index (Phi) is 31.9. The summed E-state index contributed by atoms with van der Waals surface area (Å²) in [6.07, 6.45) is 3.03. The van der Waals surface area contributed by atoms with Crippen molar-refractivity contribution >= 4 is 73.1 Å². The number of nitrogens with zero attached hydrogens (tertiary/aromatic N) is 7. The highest BCUT2D eigenvalue weighted by Gasteiger charge is 2.60. The minimum atomic E-state index is -3.10. The molecule has 0 radical (unpaired) electrons. The van der Waals surface area contributed by atoms with Gasteiger partial charge in [0.15, 0.2) is 0 Å². The van der Waals surface area contributed by atoms with Gasteiger partial charge in [-0.05, 0) is 101 Å². The highest BCUT2D eigenvalue weighted by molar-refractivity contribution is 6.82. The summed E-state index contributed by atoms with van der Waals surface area (Å²) in [5.74, 6) is -9.67. The number of carbonyl (C=O) groups excluding carboxylic acids is 11. The maximum absolute atomic E-state index is 16.1. The minimum Gasteiger partial charge on any atom is -0.390 e. The van der Waals surface area contributed by atoms with Crippen LogP contribution < -0.4 is 21.3 Å². The Balaban J connectivity index is 4.53. The van der Waals surface area contributed by atoms with Gasteiger partial charge in [-0.1, -0.05) is 129 Å². The number of nitrogens with one attached hydrogen (secondary N) is 4. The Labute approximate surface area is 535 Å². The molecule has 5 N–H and O–H groups in total. The Morgan fingerprint density at radius 1 is 0.528 bits per heavy atom. The summed E-state index contributed by atoms with van der Waals surface area (Å²) < 4.78 is 0. The van der Waals surface area contributed by atoms with Gasteiger partial charge in [0.05, 0.1) is 20.7 Å². The van der Waals surface area contributed by atoms with Gasteiger partial charge in [0.25, 0.3) is 0 Å². The molecular formula is C65H119N11O12Si. The van der Waals surface area contributed by atoms with Gasteiger partial charge in [-0.15, -0.1) is 0 Å². The van der Waals surface area contributed by atoms with Crippen molar-refractivity contribution in [1.29, 1.82) is 0 Å². The molecule has 1 aliphatic heterocycles. The maximum atomic E-state index is 16.1. The van der Waals surface area contributed by atoms with Crippen LogP contribution in [0.2, 0.25) is 19.6 Å². The van der Waals surface area contributed by atoms with Crippen molar-refractivity contribution in [1.82, 2.24) is 55.6 Å². The average molecular weight is 1270 g/mol. The predicted molar refractivity (Wildman–Crippen MR) is 351 cm³/mol. The summed E-state index contributed by atoms with van der Waals surface area (Å²) >= 11 is 0. The first kappa shape index (κ1) is 81.1. The van der Waals surface area contributed by atoms with Gasteiger partial charge in [-0.3, -0.25) is 52.7 Å². The van der Waals surface area contributed by atoms with Gasteiger partial charge in [-0.25, -0.2) is 0 Å². The standard InChI is InChI=1S/C65H119N11O12Si/c1-28-30-31-43(15)54(78)53-58(82)68-46(29-2)60(84)70(18)36-51(77)71(19)47(32-37(3)4)57(81)69-52(41(11)12)63(87)72(20)48(33-38(5)6)56(80)66-44(16)55(79)67-45(17)59(83)73(21)49(34-39(7)8)61(85)74(22)50(35-40(9)10)62(86)76(24)65(42(13)14,89(25,26)27)64(88)75(53)23/h28,30,37-50,52-54,78H,29,31-36H2,1-27H3,(H,66,80)(H,67,79)(H,68,82)(H,69,81)/b30-28+/t43-,44+,45-,46+,47+,48+,49+,50+,52+,53+,54-,65+/m1/s1. The molecular weight excluding hydrogens is 1150 g/mol. The molecule has 1 saturated heterocycles. The van der Waals surface area contributed by atoms with Crippen LogP contribution in [0.4, 0.5) is 0 Å². The SMILES string of the molecule is C/C=C/C[C@@H](C)[C@@H](O)[C@H]1C(=O)N[C@@H](CC)C(=O)N(C)CC(=O)N(C)[C@@H](CC(C)C)C(=O)N[C@@H](C(C)C)C(=O)N(C)[C@@H](CC(C)C)C(=O)N[C@@H](C)C(=O)N[C@H](C)C(=O)N(C)[C@@H](CC(C)C)C(=O)N(C)[C@@H](CC(C)C)C(=O)N(C)[C@@](C(C)C)([Si](C)(C)C)C(=O)N1C. The smallest absolute Gasteiger partial charge is 0.246 e. The molecule has 1 heterocycles. The Hall–Kier alpha value is -5.91. The lowest BCUT2D eigenvalue weighted by molar-refractivity contribution is -0.160. The monoisotopic (exact) mass is 1270 g/mol. The molecule has 0 aromatic carbocycles. The third-order valence-electron chi connectivity index (χ3n) is 17.6. The van der Waals surface area contributed by atoms with Gasteiger partial charge < -0.3 is 60.7 Å². The van der Waals surface area contributed by atoms with E-state index in [0.29, 0.717) is 6.42 Å². The summed E-state index contributed by atoms with van der Waals surface area (Å²) in [7, 11) is 7.03. The average Bonchev–Trinajstić information content (AvgIpc) is 1.34. The van der Waals surface area contributed by atoms with Crippen molar-refractivity contribution in [2.24, 2.45) is 41.4 Å². The lowest BCUT2D eigenvalue weighted by atomic mass is 9.91. The number of allylic oxidation sites excluding steroid dienone is 2. The zero-order valence-electron chi connectivity index (χ0n) is 59.5. The lowest BCUT2D eigenvalue weighted by Gasteiger charge is -2.54. The second-order valence-corrected chi connectivity index (χ2v) is 33.8. The zero-order valence-corrected chi connectivity index (χ0v) is 60.5. The predicted octanol–water partition coefficient (Wildman–Crippen LogP) is 4.52. The van der Waals surface area contributed by atoms with E-state index in [9.17, 15) is 38.7 Å². The first-order valence-corrected chi connectivity index (χ1v) is 35.7. The summed E-state index contributed by atoms with van der Waals surface area (Å²) in [6, 6.07) is -11.2. The van der Waals surface area contributed by atoms with E-state index in [1.54, 1.807) is 33.8 Å². The van der Waals surface area contributed by atoms with E-state index in [4.69, 9.17) is 0 Å². The van der Waals surface area contributed by atoms with Crippen LogP contribution in [0.3, 0.4) is 0 Å². The van der Waals surface area contributed by atoms with Crippen LogP contribution in [-0.2, 0) is 52.7 Å². The largest absolute Gasteiger partial charge is 0.390 e. The molecule has 89 heavy (non-hydrogen) atoms. The number of hydrogen-bond donors (Lipinski definition) is 5. The van der Waals surface area contributed by atoms with Crippen molar-refractivity contribution in [3.05, 3.63) is 12.2 Å². The third kappa shape index (κ3) is 20.8. The number of rotatable bonds is 16. The van der Waals surface area contributed by atoms with E-state index in [1.165, 1.54) is 92.6 Å². The molecule has 510 valence electrons. The van der Waals surface area contributed by atoms with Gasteiger partial charge >= 0.3 is 0 Å². The first-order chi connectivity index (χ1) is 40.8. The summed E-state index contributed by atoms with van der Waals surface area (Å²) in [4.78, 5) is 172. The molecule has 0 aromatic rings. The fourth-order valence-corrected chi connectivity index (χ4v) is 16.0. The van der Waals surface area contributed by atoms with Crippen LogP contribution in [0.25, 0.3) is 0 Å². The van der Waals surface area contributed by atoms with E-state index >= 15 is 19.2 Å². The Morgan fingerprint density at radius 2 is 0.955 bits per heavy atom. The van der Waals surface area contributed by atoms with Crippen LogP contribution in [0, 0.1) is 41.4 Å². The van der Waals surface area contributed by atoms with Crippen molar-refractivity contribution < 1.29 is 57.8 Å². The molecule has 1 fully saturated rings. The second kappa shape index (κ2) is 35.1. The minimum absolute atomic E-state index is 0.0191. The number of hydrogen-bond acceptors (Lipinski definition) is 12. The van der Waals surface area contributed by atoms with E-state index in [2.05, 4.69) is 21.3 Å². The fraction of sp³-hybridized carbons (Fsp3) is 0.800. The van der Waals surface area contributed by atoms with Crippen LogP contribution in [0.15, 0.2) is 12.2 Å². The van der Waals surface area contributed by atoms with Crippen LogP contribution in [0.1, 0.15) is 156 Å². The number of aliphatic hydroxyl groups is 1. The molecule has 0 aliphatic carbocycles. The normalized spacial score (nSPS) is 27.3. The quantitative estimate of drug-likeness (QED) is 0.105. The Bertz CT molecular complexity index is 2480. The number of carbonyl (C=O) groups is 11. The molecule has 11 amide bonds. The topological polar surface area (TPSA) is 279 Å². The van der Waals surface area contributed by atoms with Crippen LogP contribution in [0.5, 0.6) is 0 Å². The molecule has 1 aliphatic rings. The lowest BCUT2D eigenvalue weighted by Crippen LogP contribution is -2.76. The van der Waals surface area contributed by atoms with E-state index in [0.717, 1.165) is 4.90 Å². The third-order valence-corrected chi connectivity index (χ3v) is 21.0.